The Balaban J connectivity index is 1.57. The standard InChI is InChI=1S/C24H22FN5/c1-15-26-11-16(12-27-15)13-28-24-22-10-19(17-5-7-20(25)8-6-17)9-21(18-3-2-4-18)23(22)29-14-30-24/h5-12,14,18H,2-4,13H2,1H3,(H,28,29,30). The third-order valence-electron chi connectivity index (χ3n) is 5.79. The van der Waals surface area contributed by atoms with Gasteiger partial charge in [-0.3, -0.25) is 0 Å². The first kappa shape index (κ1) is 18.6. The summed E-state index contributed by atoms with van der Waals surface area (Å²) in [7, 11) is 0. The zero-order valence-corrected chi connectivity index (χ0v) is 16.8. The summed E-state index contributed by atoms with van der Waals surface area (Å²) in [6, 6.07) is 11.0. The molecule has 0 radical (unpaired) electrons. The Kier molecular flexibility index (Phi) is 4.83. The summed E-state index contributed by atoms with van der Waals surface area (Å²) in [4.78, 5) is 17.6. The number of hydrogen-bond donors (Lipinski definition) is 1. The van der Waals surface area contributed by atoms with Crippen molar-refractivity contribution in [2.45, 2.75) is 38.6 Å². The lowest BCUT2D eigenvalue weighted by atomic mass is 9.78. The largest absolute Gasteiger partial charge is 0.365 e. The van der Waals surface area contributed by atoms with E-state index in [-0.39, 0.29) is 5.82 Å². The second-order valence-corrected chi connectivity index (χ2v) is 7.81. The summed E-state index contributed by atoms with van der Waals surface area (Å²) in [5.41, 5.74) is 5.27. The van der Waals surface area contributed by atoms with E-state index in [1.807, 2.05) is 31.5 Å². The van der Waals surface area contributed by atoms with Crippen molar-refractivity contribution in [3.63, 3.8) is 0 Å². The molecule has 1 N–H and O–H groups in total. The van der Waals surface area contributed by atoms with Gasteiger partial charge in [-0.25, -0.2) is 24.3 Å². The molecule has 2 aromatic heterocycles. The lowest BCUT2D eigenvalue weighted by Gasteiger charge is -2.27. The molecule has 1 aliphatic carbocycles. The van der Waals surface area contributed by atoms with Crippen molar-refractivity contribution >= 4 is 16.7 Å². The van der Waals surface area contributed by atoms with Crippen LogP contribution in [-0.4, -0.2) is 19.9 Å². The van der Waals surface area contributed by atoms with Crippen LogP contribution in [0.1, 0.15) is 42.1 Å². The monoisotopic (exact) mass is 399 g/mol. The van der Waals surface area contributed by atoms with Crippen LogP contribution in [0.2, 0.25) is 0 Å². The molecule has 6 heteroatoms. The van der Waals surface area contributed by atoms with E-state index in [0.29, 0.717) is 12.5 Å². The van der Waals surface area contributed by atoms with Gasteiger partial charge in [-0.05, 0) is 66.6 Å². The van der Waals surface area contributed by atoms with Crippen molar-refractivity contribution in [3.05, 3.63) is 77.9 Å². The molecule has 5 rings (SSSR count). The molecular formula is C24H22FN5. The van der Waals surface area contributed by atoms with Gasteiger partial charge in [0, 0.05) is 29.9 Å². The average Bonchev–Trinajstić information content (AvgIpc) is 2.72. The Morgan fingerprint density at radius 3 is 2.43 bits per heavy atom. The number of halogens is 1. The lowest BCUT2D eigenvalue weighted by molar-refractivity contribution is 0.422. The Morgan fingerprint density at radius 2 is 1.73 bits per heavy atom. The van der Waals surface area contributed by atoms with E-state index < -0.39 is 0 Å². The number of aryl methyl sites for hydroxylation is 1. The van der Waals surface area contributed by atoms with Crippen molar-refractivity contribution in [2.24, 2.45) is 0 Å². The minimum atomic E-state index is -0.232. The van der Waals surface area contributed by atoms with Gasteiger partial charge in [0.2, 0.25) is 0 Å². The first-order valence-corrected chi connectivity index (χ1v) is 10.2. The molecule has 5 nitrogen and oxygen atoms in total. The third kappa shape index (κ3) is 3.61. The first-order valence-electron chi connectivity index (χ1n) is 10.2. The molecule has 0 aliphatic heterocycles. The zero-order chi connectivity index (χ0) is 20.5. The maximum atomic E-state index is 13.4. The number of hydrogen-bond acceptors (Lipinski definition) is 5. The van der Waals surface area contributed by atoms with Gasteiger partial charge in [-0.15, -0.1) is 0 Å². The minimum absolute atomic E-state index is 0.232. The second kappa shape index (κ2) is 7.78. The SMILES string of the molecule is Cc1ncc(CNc2ncnc3c(C4CCC4)cc(-c4ccc(F)cc4)cc23)cn1. The van der Waals surface area contributed by atoms with Crippen LogP contribution < -0.4 is 5.32 Å². The minimum Gasteiger partial charge on any atom is -0.365 e. The van der Waals surface area contributed by atoms with Gasteiger partial charge in [-0.2, -0.15) is 0 Å². The number of nitrogens with one attached hydrogen (secondary N) is 1. The highest BCUT2D eigenvalue weighted by atomic mass is 19.1. The molecule has 30 heavy (non-hydrogen) atoms. The van der Waals surface area contributed by atoms with E-state index in [4.69, 9.17) is 0 Å². The number of nitrogens with zero attached hydrogens (tertiary/aromatic N) is 4. The van der Waals surface area contributed by atoms with Crippen molar-refractivity contribution in [3.8, 4) is 11.1 Å². The number of fused-ring (bicyclic) bond motifs is 1. The number of aromatic nitrogens is 4. The van der Waals surface area contributed by atoms with Gasteiger partial charge < -0.3 is 5.32 Å². The van der Waals surface area contributed by atoms with Crippen LogP contribution in [0, 0.1) is 12.7 Å². The Hall–Kier alpha value is -3.41. The fourth-order valence-corrected chi connectivity index (χ4v) is 3.87. The van der Waals surface area contributed by atoms with Crippen molar-refractivity contribution in [2.75, 3.05) is 5.32 Å². The lowest BCUT2D eigenvalue weighted by Crippen LogP contribution is -2.11. The molecule has 1 saturated carbocycles. The van der Waals surface area contributed by atoms with E-state index in [1.165, 1.54) is 37.0 Å². The summed E-state index contributed by atoms with van der Waals surface area (Å²) in [5.74, 6) is 1.82. The van der Waals surface area contributed by atoms with Crippen LogP contribution in [0.25, 0.3) is 22.0 Å². The number of benzene rings is 2. The van der Waals surface area contributed by atoms with Crippen molar-refractivity contribution in [1.29, 1.82) is 0 Å². The van der Waals surface area contributed by atoms with Gasteiger partial charge in [0.1, 0.15) is 23.8 Å². The fourth-order valence-electron chi connectivity index (χ4n) is 3.87. The van der Waals surface area contributed by atoms with Gasteiger partial charge in [-0.1, -0.05) is 18.6 Å². The Bertz CT molecular complexity index is 1180. The van der Waals surface area contributed by atoms with Crippen LogP contribution in [0.15, 0.2) is 55.1 Å². The predicted molar refractivity (Wildman–Crippen MR) is 116 cm³/mol. The van der Waals surface area contributed by atoms with E-state index in [2.05, 4.69) is 37.4 Å². The first-order chi connectivity index (χ1) is 14.7. The van der Waals surface area contributed by atoms with Crippen LogP contribution in [-0.2, 0) is 6.54 Å². The topological polar surface area (TPSA) is 63.6 Å². The predicted octanol–water partition coefficient (Wildman–Crippen LogP) is 5.41. The van der Waals surface area contributed by atoms with E-state index in [9.17, 15) is 4.39 Å². The van der Waals surface area contributed by atoms with Crippen LogP contribution in [0.5, 0.6) is 0 Å². The molecule has 150 valence electrons. The maximum absolute atomic E-state index is 13.4. The van der Waals surface area contributed by atoms with Crippen molar-refractivity contribution in [1.82, 2.24) is 19.9 Å². The van der Waals surface area contributed by atoms with E-state index in [1.54, 1.807) is 6.33 Å². The molecule has 0 atom stereocenters. The fraction of sp³-hybridized carbons (Fsp3) is 0.250. The molecule has 0 saturated heterocycles. The number of anilines is 1. The third-order valence-corrected chi connectivity index (χ3v) is 5.79. The zero-order valence-electron chi connectivity index (χ0n) is 16.8. The smallest absolute Gasteiger partial charge is 0.137 e. The summed E-state index contributed by atoms with van der Waals surface area (Å²) in [6.07, 6.45) is 8.86. The van der Waals surface area contributed by atoms with Crippen molar-refractivity contribution < 1.29 is 4.39 Å². The molecule has 0 amide bonds. The molecule has 0 unspecified atom stereocenters. The highest BCUT2D eigenvalue weighted by molar-refractivity contribution is 5.95. The quantitative estimate of drug-likeness (QED) is 0.486. The molecule has 2 heterocycles. The van der Waals surface area contributed by atoms with Crippen LogP contribution >= 0.6 is 0 Å². The normalized spacial score (nSPS) is 13.9. The molecule has 4 aromatic rings. The molecular weight excluding hydrogens is 377 g/mol. The van der Waals surface area contributed by atoms with Gasteiger partial charge in [0.05, 0.1) is 5.52 Å². The Labute approximate surface area is 174 Å². The van der Waals surface area contributed by atoms with E-state index >= 15 is 0 Å². The molecule has 0 spiro atoms. The summed E-state index contributed by atoms with van der Waals surface area (Å²) in [6.45, 7) is 2.44. The highest BCUT2D eigenvalue weighted by Crippen LogP contribution is 2.42. The number of rotatable bonds is 5. The Morgan fingerprint density at radius 1 is 0.967 bits per heavy atom. The second-order valence-electron chi connectivity index (χ2n) is 7.81. The molecule has 0 bridgehead atoms. The maximum Gasteiger partial charge on any atom is 0.137 e. The average molecular weight is 399 g/mol. The summed E-state index contributed by atoms with van der Waals surface area (Å²) in [5, 5.41) is 4.40. The van der Waals surface area contributed by atoms with Gasteiger partial charge in [0.15, 0.2) is 0 Å². The summed E-state index contributed by atoms with van der Waals surface area (Å²) < 4.78 is 13.4. The van der Waals surface area contributed by atoms with Gasteiger partial charge >= 0.3 is 0 Å². The van der Waals surface area contributed by atoms with Crippen LogP contribution in [0.4, 0.5) is 10.2 Å². The van der Waals surface area contributed by atoms with Crippen LogP contribution in [0.3, 0.4) is 0 Å². The molecule has 2 aromatic carbocycles. The molecule has 1 aliphatic rings. The van der Waals surface area contributed by atoms with E-state index in [0.717, 1.165) is 39.2 Å². The molecule has 1 fully saturated rings. The highest BCUT2D eigenvalue weighted by Gasteiger charge is 2.24. The van der Waals surface area contributed by atoms with Gasteiger partial charge in [0.25, 0.3) is 0 Å². The summed E-state index contributed by atoms with van der Waals surface area (Å²) >= 11 is 0.